The van der Waals surface area contributed by atoms with Crippen molar-refractivity contribution >= 4 is 0 Å². The first-order valence-corrected chi connectivity index (χ1v) is 6.54. The van der Waals surface area contributed by atoms with Crippen LogP contribution in [0.3, 0.4) is 0 Å². The van der Waals surface area contributed by atoms with Crippen LogP contribution in [0.25, 0.3) is 0 Å². The number of nitrogens with one attached hydrogen (secondary N) is 1. The molecule has 1 unspecified atom stereocenters. The van der Waals surface area contributed by atoms with Crippen LogP contribution in [-0.2, 0) is 6.18 Å². The van der Waals surface area contributed by atoms with E-state index in [9.17, 15) is 13.2 Å². The molecule has 1 N–H and O–H groups in total. The Morgan fingerprint density at radius 3 is 2.58 bits per heavy atom. The summed E-state index contributed by atoms with van der Waals surface area (Å²) in [6.45, 7) is 3.07. The average molecular weight is 273 g/mol. The number of alkyl halides is 3. The average Bonchev–Trinajstić information content (AvgIpc) is 3.18. The van der Waals surface area contributed by atoms with Gasteiger partial charge in [0.05, 0.1) is 5.56 Å². The molecule has 19 heavy (non-hydrogen) atoms. The lowest BCUT2D eigenvalue weighted by atomic mass is 10.2. The molecule has 2 rings (SSSR count). The quantitative estimate of drug-likeness (QED) is 0.857. The molecular weight excluding hydrogens is 255 g/mol. The second-order valence-corrected chi connectivity index (χ2v) is 4.81. The van der Waals surface area contributed by atoms with Crippen molar-refractivity contribution < 1.29 is 17.9 Å². The Morgan fingerprint density at radius 1 is 1.32 bits per heavy atom. The molecule has 0 aliphatic heterocycles. The monoisotopic (exact) mass is 273 g/mol. The van der Waals surface area contributed by atoms with Crippen LogP contribution in [-0.4, -0.2) is 19.2 Å². The van der Waals surface area contributed by atoms with E-state index >= 15 is 0 Å². The molecule has 1 atom stereocenters. The maximum atomic E-state index is 12.8. The third kappa shape index (κ3) is 3.86. The maximum absolute atomic E-state index is 12.8. The number of ether oxygens (including phenoxy) is 1. The van der Waals surface area contributed by atoms with Crippen LogP contribution in [0.2, 0.25) is 0 Å². The first-order chi connectivity index (χ1) is 9.02. The number of rotatable bonds is 6. The van der Waals surface area contributed by atoms with E-state index in [1.807, 2.05) is 6.92 Å². The van der Waals surface area contributed by atoms with Gasteiger partial charge >= 0.3 is 6.18 Å². The third-order valence-electron chi connectivity index (χ3n) is 3.27. The minimum Gasteiger partial charge on any atom is -0.491 e. The van der Waals surface area contributed by atoms with E-state index in [4.69, 9.17) is 4.74 Å². The van der Waals surface area contributed by atoms with Gasteiger partial charge in [-0.3, -0.25) is 0 Å². The van der Waals surface area contributed by atoms with Gasteiger partial charge in [-0.1, -0.05) is 19.1 Å². The van der Waals surface area contributed by atoms with E-state index in [0.29, 0.717) is 5.92 Å². The molecular formula is C14H18F3NO. The van der Waals surface area contributed by atoms with Gasteiger partial charge in [-0.2, -0.15) is 13.2 Å². The van der Waals surface area contributed by atoms with E-state index in [2.05, 4.69) is 5.32 Å². The van der Waals surface area contributed by atoms with Crippen molar-refractivity contribution in [3.05, 3.63) is 29.8 Å². The fourth-order valence-corrected chi connectivity index (χ4v) is 2.13. The summed E-state index contributed by atoms with van der Waals surface area (Å²) in [6.07, 6.45) is -2.12. The molecule has 2 nitrogen and oxygen atoms in total. The molecule has 1 aromatic rings. The van der Waals surface area contributed by atoms with Gasteiger partial charge in [0, 0.05) is 6.04 Å². The molecule has 106 valence electrons. The number of hydrogen-bond donors (Lipinski definition) is 1. The Morgan fingerprint density at radius 2 is 2.00 bits per heavy atom. The highest BCUT2D eigenvalue weighted by atomic mass is 19.4. The van der Waals surface area contributed by atoms with Gasteiger partial charge in [0.25, 0.3) is 0 Å². The molecule has 1 aliphatic carbocycles. The second-order valence-electron chi connectivity index (χ2n) is 4.81. The van der Waals surface area contributed by atoms with Crippen molar-refractivity contribution in [1.82, 2.24) is 5.32 Å². The van der Waals surface area contributed by atoms with Gasteiger partial charge in [-0.15, -0.1) is 0 Å². The fourth-order valence-electron chi connectivity index (χ4n) is 2.13. The molecule has 0 aromatic heterocycles. The number of likely N-dealkylation sites (N-methyl/N-ethyl adjacent to an activating group) is 1. The fraction of sp³-hybridized carbons (Fsp3) is 0.571. The highest BCUT2D eigenvalue weighted by Gasteiger charge is 2.35. The zero-order valence-corrected chi connectivity index (χ0v) is 10.8. The molecule has 0 bridgehead atoms. The van der Waals surface area contributed by atoms with Crippen LogP contribution in [0.4, 0.5) is 13.2 Å². The number of para-hydroxylation sites is 1. The topological polar surface area (TPSA) is 21.3 Å². The SMILES string of the molecule is CCNC(COc1ccccc1C(F)(F)F)C1CC1. The summed E-state index contributed by atoms with van der Waals surface area (Å²) in [6, 6.07) is 5.50. The summed E-state index contributed by atoms with van der Waals surface area (Å²) in [7, 11) is 0. The van der Waals surface area contributed by atoms with Crippen molar-refractivity contribution in [2.24, 2.45) is 5.92 Å². The van der Waals surface area contributed by atoms with Gasteiger partial charge in [0.15, 0.2) is 0 Å². The largest absolute Gasteiger partial charge is 0.491 e. The molecule has 0 heterocycles. The standard InChI is InChI=1S/C14H18F3NO/c1-2-18-12(10-7-8-10)9-19-13-6-4-3-5-11(13)14(15,16)17/h3-6,10,12,18H,2,7-9H2,1H3. The molecule has 1 fully saturated rings. The number of hydrogen-bond acceptors (Lipinski definition) is 2. The molecule has 0 saturated heterocycles. The molecule has 1 saturated carbocycles. The first kappa shape index (κ1) is 14.2. The molecule has 0 radical (unpaired) electrons. The Labute approximate surface area is 111 Å². The van der Waals surface area contributed by atoms with Crippen molar-refractivity contribution in [2.45, 2.75) is 32.0 Å². The van der Waals surface area contributed by atoms with Crippen LogP contribution < -0.4 is 10.1 Å². The van der Waals surface area contributed by atoms with Gasteiger partial charge in [0.2, 0.25) is 0 Å². The van der Waals surface area contributed by atoms with Gasteiger partial charge < -0.3 is 10.1 Å². The smallest absolute Gasteiger partial charge is 0.419 e. The highest BCUT2D eigenvalue weighted by Crippen LogP contribution is 2.37. The van der Waals surface area contributed by atoms with E-state index in [0.717, 1.165) is 25.5 Å². The van der Waals surface area contributed by atoms with E-state index in [1.54, 1.807) is 6.07 Å². The molecule has 1 aromatic carbocycles. The van der Waals surface area contributed by atoms with Crippen molar-refractivity contribution in [1.29, 1.82) is 0 Å². The Balaban J connectivity index is 2.02. The minimum absolute atomic E-state index is 0.0847. The summed E-state index contributed by atoms with van der Waals surface area (Å²) in [4.78, 5) is 0. The maximum Gasteiger partial charge on any atom is 0.419 e. The first-order valence-electron chi connectivity index (χ1n) is 6.54. The van der Waals surface area contributed by atoms with E-state index in [-0.39, 0.29) is 18.4 Å². The van der Waals surface area contributed by atoms with Crippen molar-refractivity contribution in [2.75, 3.05) is 13.2 Å². The highest BCUT2D eigenvalue weighted by molar-refractivity contribution is 5.35. The minimum atomic E-state index is -4.37. The van der Waals surface area contributed by atoms with Crippen molar-refractivity contribution in [3.63, 3.8) is 0 Å². The zero-order chi connectivity index (χ0) is 13.9. The zero-order valence-electron chi connectivity index (χ0n) is 10.8. The van der Waals surface area contributed by atoms with Crippen LogP contribution in [0.5, 0.6) is 5.75 Å². The van der Waals surface area contributed by atoms with Crippen LogP contribution in [0, 0.1) is 5.92 Å². The van der Waals surface area contributed by atoms with Crippen molar-refractivity contribution in [3.8, 4) is 5.75 Å². The summed E-state index contributed by atoms with van der Waals surface area (Å²) < 4.78 is 43.8. The number of halogens is 3. The normalized spacial score (nSPS) is 17.3. The van der Waals surface area contributed by atoms with E-state index in [1.165, 1.54) is 12.1 Å². The molecule has 5 heteroatoms. The third-order valence-corrected chi connectivity index (χ3v) is 3.27. The lowest BCUT2D eigenvalue weighted by molar-refractivity contribution is -0.139. The van der Waals surface area contributed by atoms with Gasteiger partial charge in [0.1, 0.15) is 12.4 Å². The van der Waals surface area contributed by atoms with Crippen LogP contribution in [0.15, 0.2) is 24.3 Å². The van der Waals surface area contributed by atoms with Gasteiger partial charge in [-0.25, -0.2) is 0 Å². The lowest BCUT2D eigenvalue weighted by Crippen LogP contribution is -2.36. The summed E-state index contributed by atoms with van der Waals surface area (Å²) in [5.41, 5.74) is -0.707. The lowest BCUT2D eigenvalue weighted by Gasteiger charge is -2.20. The molecule has 0 amide bonds. The molecule has 1 aliphatic rings. The van der Waals surface area contributed by atoms with E-state index < -0.39 is 11.7 Å². The second kappa shape index (κ2) is 5.82. The Kier molecular flexibility index (Phi) is 4.34. The molecule has 0 spiro atoms. The summed E-state index contributed by atoms with van der Waals surface area (Å²) in [5, 5.41) is 3.27. The van der Waals surface area contributed by atoms with Crippen LogP contribution in [0.1, 0.15) is 25.3 Å². The Hall–Kier alpha value is -1.23. The summed E-state index contributed by atoms with van der Waals surface area (Å²) in [5.74, 6) is 0.455. The number of benzene rings is 1. The Bertz CT molecular complexity index is 415. The van der Waals surface area contributed by atoms with Crippen LogP contribution >= 0.6 is 0 Å². The summed E-state index contributed by atoms with van der Waals surface area (Å²) >= 11 is 0. The predicted molar refractivity (Wildman–Crippen MR) is 67.1 cm³/mol. The van der Waals surface area contributed by atoms with Gasteiger partial charge in [-0.05, 0) is 37.4 Å². The predicted octanol–water partition coefficient (Wildman–Crippen LogP) is 3.47.